The van der Waals surface area contributed by atoms with Gasteiger partial charge in [-0.3, -0.25) is 0 Å². The zero-order valence-corrected chi connectivity index (χ0v) is 14.6. The maximum atomic E-state index is 12.7. The molecule has 1 aromatic rings. The first-order valence-corrected chi connectivity index (χ1v) is 8.45. The molecule has 0 aliphatic rings. The first-order chi connectivity index (χ1) is 9.25. The maximum absolute atomic E-state index is 12.7. The number of rotatable bonds is 6. The van der Waals surface area contributed by atoms with Crippen LogP contribution in [0, 0.1) is 6.92 Å². The van der Waals surface area contributed by atoms with E-state index in [0.717, 1.165) is 11.1 Å². The zero-order valence-electron chi connectivity index (χ0n) is 12.2. The molecular weight excluding hydrogens is 344 g/mol. The van der Waals surface area contributed by atoms with Gasteiger partial charge in [-0.15, -0.1) is 0 Å². The molecule has 0 aromatic heterocycles. The third-order valence-corrected chi connectivity index (χ3v) is 6.51. The van der Waals surface area contributed by atoms with Crippen molar-refractivity contribution >= 4 is 26.0 Å². The van der Waals surface area contributed by atoms with Crippen LogP contribution in [-0.4, -0.2) is 39.5 Å². The Hall–Kier alpha value is -0.470. The van der Waals surface area contributed by atoms with Crippen molar-refractivity contribution in [1.29, 1.82) is 0 Å². The Kier molecular flexibility index (Phi) is 6.15. The summed E-state index contributed by atoms with van der Waals surface area (Å²) in [6, 6.07) is 3.24. The number of hydrogen-bond donors (Lipinski definition) is 1. The summed E-state index contributed by atoms with van der Waals surface area (Å²) in [4.78, 5) is 0.239. The first-order valence-electron chi connectivity index (χ1n) is 6.21. The highest BCUT2D eigenvalue weighted by Crippen LogP contribution is 2.29. The number of nitrogens with two attached hydrogens (primary N) is 1. The highest BCUT2D eigenvalue weighted by atomic mass is 79.9. The lowest BCUT2D eigenvalue weighted by molar-refractivity contribution is 0.149. The Morgan fingerprint density at radius 1 is 1.45 bits per heavy atom. The molecular formula is C13H21BrN2O3S. The lowest BCUT2D eigenvalue weighted by Crippen LogP contribution is -2.38. The van der Waals surface area contributed by atoms with Gasteiger partial charge in [-0.05, 0) is 47.0 Å². The summed E-state index contributed by atoms with van der Waals surface area (Å²) in [5, 5.41) is 0. The fourth-order valence-electron chi connectivity index (χ4n) is 1.85. The monoisotopic (exact) mass is 364 g/mol. The number of hydrogen-bond acceptors (Lipinski definition) is 4. The first kappa shape index (κ1) is 17.6. The Morgan fingerprint density at radius 2 is 2.05 bits per heavy atom. The number of methoxy groups -OCH3 is 1. The van der Waals surface area contributed by atoms with Crippen molar-refractivity contribution in [3.63, 3.8) is 0 Å². The molecule has 0 saturated heterocycles. The predicted molar refractivity (Wildman–Crippen MR) is 83.1 cm³/mol. The van der Waals surface area contributed by atoms with Crippen LogP contribution in [0.5, 0.6) is 0 Å². The predicted octanol–water partition coefficient (Wildman–Crippen LogP) is 1.87. The van der Waals surface area contributed by atoms with Crippen LogP contribution < -0.4 is 5.73 Å². The van der Waals surface area contributed by atoms with E-state index in [2.05, 4.69) is 15.9 Å². The van der Waals surface area contributed by atoms with Crippen LogP contribution in [0.15, 0.2) is 21.5 Å². The quantitative estimate of drug-likeness (QED) is 0.836. The van der Waals surface area contributed by atoms with E-state index in [1.165, 1.54) is 4.31 Å². The molecule has 0 heterocycles. The summed E-state index contributed by atoms with van der Waals surface area (Å²) in [5.74, 6) is 0. The van der Waals surface area contributed by atoms with Crippen molar-refractivity contribution in [2.45, 2.75) is 31.3 Å². The van der Waals surface area contributed by atoms with E-state index in [1.54, 1.807) is 27.1 Å². The van der Waals surface area contributed by atoms with Crippen LogP contribution in [0.1, 0.15) is 18.1 Å². The molecule has 1 atom stereocenters. The Bertz CT molecular complexity index is 575. The molecule has 7 heteroatoms. The van der Waals surface area contributed by atoms with Crippen LogP contribution >= 0.6 is 15.9 Å². The molecule has 114 valence electrons. The molecule has 5 nitrogen and oxygen atoms in total. The minimum atomic E-state index is -3.60. The number of halogens is 1. The van der Waals surface area contributed by atoms with Crippen LogP contribution in [0.4, 0.5) is 0 Å². The number of sulfonamides is 1. The van der Waals surface area contributed by atoms with Crippen LogP contribution in [0.2, 0.25) is 0 Å². The van der Waals surface area contributed by atoms with E-state index in [-0.39, 0.29) is 10.9 Å². The average Bonchev–Trinajstić information content (AvgIpc) is 2.40. The molecule has 1 rings (SSSR count). The molecule has 0 aliphatic heterocycles. The van der Waals surface area contributed by atoms with E-state index in [1.807, 2.05) is 13.0 Å². The summed E-state index contributed by atoms with van der Waals surface area (Å²) in [5.41, 5.74) is 7.26. The van der Waals surface area contributed by atoms with E-state index in [4.69, 9.17) is 10.5 Å². The van der Waals surface area contributed by atoms with E-state index >= 15 is 0 Å². The van der Waals surface area contributed by atoms with Crippen LogP contribution in [0.25, 0.3) is 0 Å². The van der Waals surface area contributed by atoms with E-state index in [9.17, 15) is 8.42 Å². The second kappa shape index (κ2) is 7.00. The fourth-order valence-corrected chi connectivity index (χ4v) is 4.23. The van der Waals surface area contributed by atoms with E-state index in [0.29, 0.717) is 17.6 Å². The summed E-state index contributed by atoms with van der Waals surface area (Å²) >= 11 is 3.36. The summed E-state index contributed by atoms with van der Waals surface area (Å²) < 4.78 is 32.3. The van der Waals surface area contributed by atoms with Crippen molar-refractivity contribution in [2.24, 2.45) is 5.73 Å². The lowest BCUT2D eigenvalue weighted by atomic mass is 10.1. The summed E-state index contributed by atoms with van der Waals surface area (Å²) in [7, 11) is -0.496. The van der Waals surface area contributed by atoms with Crippen molar-refractivity contribution in [2.75, 3.05) is 20.8 Å². The molecule has 1 unspecified atom stereocenters. The van der Waals surface area contributed by atoms with Gasteiger partial charge in [-0.25, -0.2) is 8.42 Å². The second-order valence-electron chi connectivity index (χ2n) is 4.75. The molecule has 0 aliphatic carbocycles. The number of ether oxygens (including phenoxy) is 1. The molecule has 0 amide bonds. The Labute approximate surface area is 129 Å². The maximum Gasteiger partial charge on any atom is 0.244 e. The summed E-state index contributed by atoms with van der Waals surface area (Å²) in [6.45, 7) is 4.28. The second-order valence-corrected chi connectivity index (χ2v) is 7.51. The van der Waals surface area contributed by atoms with Crippen molar-refractivity contribution in [3.8, 4) is 0 Å². The molecule has 0 radical (unpaired) electrons. The number of likely N-dealkylation sites (N-methyl/N-ethyl adjacent to an activating group) is 1. The molecule has 0 fully saturated rings. The molecule has 0 spiro atoms. The molecule has 2 N–H and O–H groups in total. The Balaban J connectivity index is 3.31. The number of nitrogens with zero attached hydrogens (tertiary/aromatic N) is 1. The van der Waals surface area contributed by atoms with Crippen molar-refractivity contribution in [3.05, 3.63) is 27.7 Å². The van der Waals surface area contributed by atoms with Gasteiger partial charge in [0, 0.05) is 31.2 Å². The third-order valence-electron chi connectivity index (χ3n) is 3.20. The Morgan fingerprint density at radius 3 is 2.55 bits per heavy atom. The van der Waals surface area contributed by atoms with Gasteiger partial charge in [0.05, 0.1) is 11.5 Å². The summed E-state index contributed by atoms with van der Waals surface area (Å²) in [6.07, 6.45) is 0. The standard InChI is InChI=1S/C13H21BrN2O3S/c1-9-5-11(7-15)6-12(13(9)14)20(17,18)16(3)10(2)8-19-4/h5-6,10H,7-8,15H2,1-4H3. The third kappa shape index (κ3) is 3.59. The topological polar surface area (TPSA) is 72.6 Å². The average molecular weight is 365 g/mol. The highest BCUT2D eigenvalue weighted by Gasteiger charge is 2.28. The lowest BCUT2D eigenvalue weighted by Gasteiger charge is -2.24. The fraction of sp³-hybridized carbons (Fsp3) is 0.538. The molecule has 1 aromatic carbocycles. The van der Waals surface area contributed by atoms with Gasteiger partial charge >= 0.3 is 0 Å². The van der Waals surface area contributed by atoms with Gasteiger partial charge in [-0.1, -0.05) is 6.07 Å². The molecule has 20 heavy (non-hydrogen) atoms. The van der Waals surface area contributed by atoms with Crippen molar-refractivity contribution in [1.82, 2.24) is 4.31 Å². The van der Waals surface area contributed by atoms with Gasteiger partial charge in [-0.2, -0.15) is 4.31 Å². The number of aryl methyl sites for hydroxylation is 1. The van der Waals surface area contributed by atoms with Gasteiger partial charge < -0.3 is 10.5 Å². The van der Waals surface area contributed by atoms with Gasteiger partial charge in [0.1, 0.15) is 0 Å². The molecule has 0 bridgehead atoms. The minimum absolute atomic E-state index is 0.239. The van der Waals surface area contributed by atoms with Crippen molar-refractivity contribution < 1.29 is 13.2 Å². The number of benzene rings is 1. The van der Waals surface area contributed by atoms with Crippen LogP contribution in [-0.2, 0) is 21.3 Å². The SMILES string of the molecule is COCC(C)N(C)S(=O)(=O)c1cc(CN)cc(C)c1Br. The highest BCUT2D eigenvalue weighted by molar-refractivity contribution is 9.10. The normalized spacial score (nSPS) is 13.8. The minimum Gasteiger partial charge on any atom is -0.383 e. The van der Waals surface area contributed by atoms with Crippen LogP contribution in [0.3, 0.4) is 0 Å². The largest absolute Gasteiger partial charge is 0.383 e. The zero-order chi connectivity index (χ0) is 15.5. The molecule has 0 saturated carbocycles. The van der Waals surface area contributed by atoms with Gasteiger partial charge in [0.2, 0.25) is 10.0 Å². The van der Waals surface area contributed by atoms with E-state index < -0.39 is 10.0 Å². The van der Waals surface area contributed by atoms with Gasteiger partial charge in [0.15, 0.2) is 0 Å². The smallest absolute Gasteiger partial charge is 0.244 e. The van der Waals surface area contributed by atoms with Gasteiger partial charge in [0.25, 0.3) is 0 Å².